The van der Waals surface area contributed by atoms with E-state index in [9.17, 15) is 13.2 Å². The SMILES string of the molecule is O=c1[nH]c(CN2CCN(S(=O)(=O)c3ccc(Cl)c(Cl)c3)CC2)nc2ccccc12. The van der Waals surface area contributed by atoms with Crippen LogP contribution in [0.2, 0.25) is 10.0 Å². The zero-order valence-corrected chi connectivity index (χ0v) is 17.6. The molecule has 1 aliphatic heterocycles. The van der Waals surface area contributed by atoms with Gasteiger partial charge in [-0.25, -0.2) is 13.4 Å². The Kier molecular flexibility index (Phi) is 5.63. The molecule has 2 aromatic carbocycles. The Hall–Kier alpha value is -1.97. The van der Waals surface area contributed by atoms with E-state index in [0.29, 0.717) is 54.5 Å². The number of aromatic nitrogens is 2. The first-order valence-electron chi connectivity index (χ1n) is 9.00. The molecule has 4 rings (SSSR count). The lowest BCUT2D eigenvalue weighted by Gasteiger charge is -2.33. The molecule has 7 nitrogen and oxygen atoms in total. The maximum atomic E-state index is 12.9. The van der Waals surface area contributed by atoms with E-state index in [-0.39, 0.29) is 15.5 Å². The monoisotopic (exact) mass is 452 g/mol. The number of nitrogens with one attached hydrogen (secondary N) is 1. The summed E-state index contributed by atoms with van der Waals surface area (Å²) in [5.41, 5.74) is 0.471. The quantitative estimate of drug-likeness (QED) is 0.657. The Morgan fingerprint density at radius 3 is 2.45 bits per heavy atom. The molecule has 0 unspecified atom stereocenters. The van der Waals surface area contributed by atoms with Crippen molar-refractivity contribution in [3.05, 3.63) is 68.7 Å². The predicted molar refractivity (Wildman–Crippen MR) is 113 cm³/mol. The number of rotatable bonds is 4. The van der Waals surface area contributed by atoms with Crippen LogP contribution < -0.4 is 5.56 Å². The van der Waals surface area contributed by atoms with Crippen molar-refractivity contribution in [2.45, 2.75) is 11.4 Å². The van der Waals surface area contributed by atoms with Crippen molar-refractivity contribution >= 4 is 44.1 Å². The van der Waals surface area contributed by atoms with E-state index in [1.54, 1.807) is 18.2 Å². The maximum Gasteiger partial charge on any atom is 0.258 e. The number of sulfonamides is 1. The Bertz CT molecular complexity index is 1220. The van der Waals surface area contributed by atoms with E-state index in [4.69, 9.17) is 23.2 Å². The molecule has 0 saturated carbocycles. The normalized spacial score (nSPS) is 16.3. The second-order valence-corrected chi connectivity index (χ2v) is 9.54. The van der Waals surface area contributed by atoms with E-state index in [1.165, 1.54) is 22.5 Å². The molecule has 0 aliphatic carbocycles. The summed E-state index contributed by atoms with van der Waals surface area (Å²) in [7, 11) is -3.64. The zero-order chi connectivity index (χ0) is 20.6. The molecule has 152 valence electrons. The van der Waals surface area contributed by atoms with Gasteiger partial charge >= 0.3 is 0 Å². The fourth-order valence-electron chi connectivity index (χ4n) is 3.34. The van der Waals surface area contributed by atoms with Gasteiger partial charge in [-0.1, -0.05) is 35.3 Å². The summed E-state index contributed by atoms with van der Waals surface area (Å²) in [6.45, 7) is 2.16. The molecule has 2 heterocycles. The van der Waals surface area contributed by atoms with Crippen molar-refractivity contribution in [3.63, 3.8) is 0 Å². The van der Waals surface area contributed by atoms with Gasteiger partial charge in [0.15, 0.2) is 0 Å². The van der Waals surface area contributed by atoms with Gasteiger partial charge in [0.05, 0.1) is 32.4 Å². The van der Waals surface area contributed by atoms with Crippen molar-refractivity contribution in [1.82, 2.24) is 19.2 Å². The van der Waals surface area contributed by atoms with Crippen molar-refractivity contribution in [2.75, 3.05) is 26.2 Å². The lowest BCUT2D eigenvalue weighted by atomic mass is 10.2. The van der Waals surface area contributed by atoms with Gasteiger partial charge in [-0.05, 0) is 30.3 Å². The second-order valence-electron chi connectivity index (χ2n) is 6.79. The summed E-state index contributed by atoms with van der Waals surface area (Å²) >= 11 is 11.8. The highest BCUT2D eigenvalue weighted by Crippen LogP contribution is 2.27. The number of hydrogen-bond acceptors (Lipinski definition) is 5. The first-order valence-corrected chi connectivity index (χ1v) is 11.2. The molecule has 1 aromatic heterocycles. The largest absolute Gasteiger partial charge is 0.309 e. The number of para-hydroxylation sites is 1. The molecule has 3 aromatic rings. The van der Waals surface area contributed by atoms with Crippen molar-refractivity contribution in [2.24, 2.45) is 0 Å². The van der Waals surface area contributed by atoms with Gasteiger partial charge in [0.2, 0.25) is 10.0 Å². The predicted octanol–water partition coefficient (Wildman–Crippen LogP) is 2.74. The van der Waals surface area contributed by atoms with Crippen LogP contribution in [0.1, 0.15) is 5.82 Å². The second kappa shape index (κ2) is 8.04. The fourth-order valence-corrected chi connectivity index (χ4v) is 5.15. The highest BCUT2D eigenvalue weighted by atomic mass is 35.5. The molecule has 0 spiro atoms. The molecule has 0 amide bonds. The summed E-state index contributed by atoms with van der Waals surface area (Å²) < 4.78 is 27.1. The van der Waals surface area contributed by atoms with Crippen molar-refractivity contribution in [1.29, 1.82) is 0 Å². The third-order valence-corrected chi connectivity index (χ3v) is 7.53. The molecule has 0 atom stereocenters. The summed E-state index contributed by atoms with van der Waals surface area (Å²) in [6.07, 6.45) is 0. The molecule has 0 bridgehead atoms. The first kappa shape index (κ1) is 20.3. The first-order chi connectivity index (χ1) is 13.8. The summed E-state index contributed by atoms with van der Waals surface area (Å²) in [5, 5.41) is 1.07. The topological polar surface area (TPSA) is 86.4 Å². The number of aromatic amines is 1. The Morgan fingerprint density at radius 1 is 1.00 bits per heavy atom. The summed E-state index contributed by atoms with van der Waals surface area (Å²) in [4.78, 5) is 21.7. The number of nitrogens with zero attached hydrogens (tertiary/aromatic N) is 3. The van der Waals surface area contributed by atoms with Crippen LogP contribution in [0.15, 0.2) is 52.2 Å². The lowest BCUT2D eigenvalue weighted by molar-refractivity contribution is 0.178. The summed E-state index contributed by atoms with van der Waals surface area (Å²) in [6, 6.07) is 11.5. The van der Waals surface area contributed by atoms with Gasteiger partial charge in [-0.2, -0.15) is 4.31 Å². The van der Waals surface area contributed by atoms with Crippen LogP contribution in [0.5, 0.6) is 0 Å². The number of H-pyrrole nitrogens is 1. The van der Waals surface area contributed by atoms with E-state index >= 15 is 0 Å². The highest BCUT2D eigenvalue weighted by molar-refractivity contribution is 7.89. The van der Waals surface area contributed by atoms with E-state index in [2.05, 4.69) is 14.9 Å². The number of piperazine rings is 1. The molecule has 1 fully saturated rings. The van der Waals surface area contributed by atoms with Crippen LogP contribution >= 0.6 is 23.2 Å². The van der Waals surface area contributed by atoms with Crippen LogP contribution in [-0.4, -0.2) is 53.8 Å². The highest BCUT2D eigenvalue weighted by Gasteiger charge is 2.29. The van der Waals surface area contributed by atoms with Crippen LogP contribution in [0, 0.1) is 0 Å². The number of fused-ring (bicyclic) bond motifs is 1. The number of halogens is 2. The third kappa shape index (κ3) is 4.17. The van der Waals surface area contributed by atoms with Crippen LogP contribution in [0.3, 0.4) is 0 Å². The molecule has 0 radical (unpaired) electrons. The number of hydrogen-bond donors (Lipinski definition) is 1. The van der Waals surface area contributed by atoms with Crippen molar-refractivity contribution in [3.8, 4) is 0 Å². The smallest absolute Gasteiger partial charge is 0.258 e. The van der Waals surface area contributed by atoms with Crippen molar-refractivity contribution < 1.29 is 8.42 Å². The average Bonchev–Trinajstić information content (AvgIpc) is 2.70. The molecule has 29 heavy (non-hydrogen) atoms. The van der Waals surface area contributed by atoms with Gasteiger partial charge in [0, 0.05) is 26.2 Å². The Labute approximate surface area is 177 Å². The Morgan fingerprint density at radius 2 is 1.72 bits per heavy atom. The molecule has 1 saturated heterocycles. The fraction of sp³-hybridized carbons (Fsp3) is 0.263. The maximum absolute atomic E-state index is 12.9. The minimum absolute atomic E-state index is 0.126. The van der Waals surface area contributed by atoms with Gasteiger partial charge < -0.3 is 4.98 Å². The lowest BCUT2D eigenvalue weighted by Crippen LogP contribution is -2.48. The van der Waals surface area contributed by atoms with E-state index < -0.39 is 10.0 Å². The van der Waals surface area contributed by atoms with Gasteiger partial charge in [0.1, 0.15) is 5.82 Å². The summed E-state index contributed by atoms with van der Waals surface area (Å²) in [5.74, 6) is 0.564. The molecule has 1 aliphatic rings. The minimum atomic E-state index is -3.64. The van der Waals surface area contributed by atoms with Crippen LogP contribution in [-0.2, 0) is 16.6 Å². The minimum Gasteiger partial charge on any atom is -0.309 e. The molecule has 1 N–H and O–H groups in total. The molecular weight excluding hydrogens is 435 g/mol. The van der Waals surface area contributed by atoms with Crippen LogP contribution in [0.4, 0.5) is 0 Å². The van der Waals surface area contributed by atoms with E-state index in [0.717, 1.165) is 0 Å². The standard InChI is InChI=1S/C19H18Cl2N4O3S/c20-15-6-5-13(11-16(15)21)29(27,28)25-9-7-24(8-10-25)12-18-22-17-4-2-1-3-14(17)19(26)23-18/h1-6,11H,7-10,12H2,(H,22,23,26). The Balaban J connectivity index is 1.45. The molecule has 10 heteroatoms. The number of benzene rings is 2. The van der Waals surface area contributed by atoms with Gasteiger partial charge in [-0.15, -0.1) is 0 Å². The van der Waals surface area contributed by atoms with Gasteiger partial charge in [-0.3, -0.25) is 9.69 Å². The average molecular weight is 453 g/mol. The van der Waals surface area contributed by atoms with E-state index in [1.807, 2.05) is 6.07 Å². The molecular formula is C19H18Cl2N4O3S. The van der Waals surface area contributed by atoms with Crippen LogP contribution in [0.25, 0.3) is 10.9 Å². The van der Waals surface area contributed by atoms with Gasteiger partial charge in [0.25, 0.3) is 5.56 Å². The zero-order valence-electron chi connectivity index (χ0n) is 15.3. The third-order valence-electron chi connectivity index (χ3n) is 4.90.